The molecule has 1 fully saturated rings. The first-order valence-electron chi connectivity index (χ1n) is 11.2. The van der Waals surface area contributed by atoms with E-state index in [2.05, 4.69) is 10.3 Å². The van der Waals surface area contributed by atoms with E-state index in [1.54, 1.807) is 31.3 Å². The van der Waals surface area contributed by atoms with Gasteiger partial charge in [-0.2, -0.15) is 0 Å². The molecule has 1 N–H and O–H groups in total. The predicted octanol–water partition coefficient (Wildman–Crippen LogP) is 2.91. The summed E-state index contributed by atoms with van der Waals surface area (Å²) >= 11 is 0. The maximum atomic E-state index is 13.0. The Labute approximate surface area is 197 Å². The Hall–Kier alpha value is -4.01. The highest BCUT2D eigenvalue weighted by Gasteiger charge is 2.27. The molecule has 9 heteroatoms. The molecule has 0 atom stereocenters. The zero-order valence-electron chi connectivity index (χ0n) is 19.2. The summed E-state index contributed by atoms with van der Waals surface area (Å²) in [4.78, 5) is 34.2. The van der Waals surface area contributed by atoms with E-state index in [0.29, 0.717) is 66.9 Å². The number of anilines is 1. The molecule has 34 heavy (non-hydrogen) atoms. The number of amides is 2. The van der Waals surface area contributed by atoms with E-state index in [4.69, 9.17) is 13.9 Å². The quantitative estimate of drug-likeness (QED) is 0.623. The maximum absolute atomic E-state index is 13.0. The molecule has 3 aromatic rings. The number of aryl methyl sites for hydroxylation is 2. The molecule has 0 aliphatic carbocycles. The van der Waals surface area contributed by atoms with Gasteiger partial charge >= 0.3 is 0 Å². The highest BCUT2D eigenvalue weighted by molar-refractivity contribution is 5.99. The number of aromatic nitrogens is 1. The zero-order valence-corrected chi connectivity index (χ0v) is 19.2. The second-order valence-electron chi connectivity index (χ2n) is 8.35. The Morgan fingerprint density at radius 1 is 1.00 bits per heavy atom. The second kappa shape index (κ2) is 9.09. The molecule has 0 radical (unpaired) electrons. The minimum absolute atomic E-state index is 0.0308. The van der Waals surface area contributed by atoms with E-state index in [1.807, 2.05) is 34.9 Å². The monoisotopic (exact) mass is 462 g/mol. The number of nitrogens with zero attached hydrogens (tertiary/aromatic N) is 3. The van der Waals surface area contributed by atoms with Gasteiger partial charge in [-0.1, -0.05) is 6.07 Å². The third-order valence-corrected chi connectivity index (χ3v) is 6.06. The molecule has 0 spiro atoms. The van der Waals surface area contributed by atoms with Crippen molar-refractivity contribution in [1.82, 2.24) is 15.2 Å². The van der Waals surface area contributed by atoms with E-state index in [9.17, 15) is 9.59 Å². The molecule has 0 bridgehead atoms. The van der Waals surface area contributed by atoms with Gasteiger partial charge in [-0.3, -0.25) is 9.59 Å². The number of rotatable bonds is 5. The first-order chi connectivity index (χ1) is 16.5. The number of piperazine rings is 1. The van der Waals surface area contributed by atoms with Crippen LogP contribution in [-0.4, -0.2) is 54.7 Å². The summed E-state index contributed by atoms with van der Waals surface area (Å²) in [6.45, 7) is 6.46. The smallest absolute Gasteiger partial charge is 0.257 e. The normalized spacial score (nSPS) is 14.9. The summed E-state index contributed by atoms with van der Waals surface area (Å²) < 4.78 is 16.2. The van der Waals surface area contributed by atoms with Crippen molar-refractivity contribution in [1.29, 1.82) is 0 Å². The molecule has 2 aliphatic heterocycles. The summed E-state index contributed by atoms with van der Waals surface area (Å²) in [5.41, 5.74) is 2.02. The predicted molar refractivity (Wildman–Crippen MR) is 124 cm³/mol. The van der Waals surface area contributed by atoms with Gasteiger partial charge in [-0.25, -0.2) is 4.98 Å². The minimum Gasteiger partial charge on any atom is -0.466 e. The summed E-state index contributed by atoms with van der Waals surface area (Å²) in [5, 5.41) is 2.97. The van der Waals surface area contributed by atoms with Crippen LogP contribution >= 0.6 is 0 Å². The first kappa shape index (κ1) is 21.8. The van der Waals surface area contributed by atoms with Crippen LogP contribution in [0.3, 0.4) is 0 Å². The number of carbonyl (C=O) groups excluding carboxylic acids is 2. The summed E-state index contributed by atoms with van der Waals surface area (Å²) in [6.07, 6.45) is 1.68. The largest absolute Gasteiger partial charge is 0.466 e. The van der Waals surface area contributed by atoms with Crippen molar-refractivity contribution in [3.8, 4) is 11.5 Å². The van der Waals surface area contributed by atoms with E-state index < -0.39 is 0 Å². The fraction of sp³-hybridized carbons (Fsp3) is 0.320. The van der Waals surface area contributed by atoms with Crippen molar-refractivity contribution in [3.05, 3.63) is 70.8 Å². The van der Waals surface area contributed by atoms with Crippen LogP contribution in [0.1, 0.15) is 37.8 Å². The van der Waals surface area contributed by atoms with E-state index in [-0.39, 0.29) is 18.6 Å². The molecule has 2 amide bonds. The Morgan fingerprint density at radius 2 is 1.79 bits per heavy atom. The van der Waals surface area contributed by atoms with E-state index in [0.717, 1.165) is 11.3 Å². The van der Waals surface area contributed by atoms with Crippen molar-refractivity contribution >= 4 is 17.6 Å². The van der Waals surface area contributed by atoms with Crippen LogP contribution in [0.5, 0.6) is 11.5 Å². The molecule has 2 aliphatic rings. The summed E-state index contributed by atoms with van der Waals surface area (Å²) in [5.74, 6) is 3.14. The van der Waals surface area contributed by atoms with Gasteiger partial charge in [-0.05, 0) is 49.7 Å². The molecule has 0 saturated carbocycles. The lowest BCUT2D eigenvalue weighted by Gasteiger charge is -2.36. The maximum Gasteiger partial charge on any atom is 0.257 e. The van der Waals surface area contributed by atoms with Crippen LogP contribution in [0.15, 0.2) is 47.0 Å². The molecular weight excluding hydrogens is 436 g/mol. The van der Waals surface area contributed by atoms with Gasteiger partial charge in [0.25, 0.3) is 11.8 Å². The average Bonchev–Trinajstić information content (AvgIpc) is 3.47. The lowest BCUT2D eigenvalue weighted by Crippen LogP contribution is -2.49. The SMILES string of the molecule is Cc1cc(C(=O)N2CCN(c3ncccc3C(=O)NCc3ccc4c(c3)OCO4)CC2)c(C)o1. The van der Waals surface area contributed by atoms with E-state index in [1.165, 1.54) is 0 Å². The molecule has 1 saturated heterocycles. The lowest BCUT2D eigenvalue weighted by atomic mass is 10.1. The van der Waals surface area contributed by atoms with Crippen LogP contribution in [0.4, 0.5) is 5.82 Å². The Balaban J connectivity index is 1.23. The summed E-state index contributed by atoms with van der Waals surface area (Å²) in [6, 6.07) is 10.9. The van der Waals surface area contributed by atoms with Crippen molar-refractivity contribution in [3.63, 3.8) is 0 Å². The molecule has 4 heterocycles. The third-order valence-electron chi connectivity index (χ3n) is 6.06. The fourth-order valence-electron chi connectivity index (χ4n) is 4.29. The lowest BCUT2D eigenvalue weighted by molar-refractivity contribution is 0.0744. The second-order valence-corrected chi connectivity index (χ2v) is 8.35. The van der Waals surface area contributed by atoms with Gasteiger partial charge in [0.05, 0.1) is 11.1 Å². The van der Waals surface area contributed by atoms with Crippen LogP contribution < -0.4 is 19.7 Å². The standard InChI is InChI=1S/C25H26N4O5/c1-16-12-20(17(2)34-16)25(31)29-10-8-28(9-11-29)23-19(4-3-7-26-23)24(30)27-14-18-5-6-21-22(13-18)33-15-32-21/h3-7,12-13H,8-11,14-15H2,1-2H3,(H,27,30). The summed E-state index contributed by atoms with van der Waals surface area (Å²) in [7, 11) is 0. The number of carbonyl (C=O) groups is 2. The molecule has 5 rings (SSSR count). The Bertz CT molecular complexity index is 1230. The number of fused-ring (bicyclic) bond motifs is 1. The highest BCUT2D eigenvalue weighted by atomic mass is 16.7. The zero-order chi connectivity index (χ0) is 23.7. The number of nitrogens with one attached hydrogen (secondary N) is 1. The van der Waals surface area contributed by atoms with Gasteiger partial charge in [-0.15, -0.1) is 0 Å². The van der Waals surface area contributed by atoms with E-state index >= 15 is 0 Å². The number of furan rings is 1. The molecule has 0 unspecified atom stereocenters. The van der Waals surface area contributed by atoms with Crippen molar-refractivity contribution in [2.75, 3.05) is 37.9 Å². The molecule has 9 nitrogen and oxygen atoms in total. The van der Waals surface area contributed by atoms with Crippen LogP contribution in [0.2, 0.25) is 0 Å². The fourth-order valence-corrected chi connectivity index (χ4v) is 4.29. The molecule has 1 aromatic carbocycles. The first-order valence-corrected chi connectivity index (χ1v) is 11.2. The average molecular weight is 463 g/mol. The van der Waals surface area contributed by atoms with Crippen LogP contribution in [0, 0.1) is 13.8 Å². The van der Waals surface area contributed by atoms with Gasteiger partial charge in [0.15, 0.2) is 11.5 Å². The molecule has 2 aromatic heterocycles. The number of ether oxygens (including phenoxy) is 2. The Morgan fingerprint density at radius 3 is 2.56 bits per heavy atom. The number of benzene rings is 1. The highest BCUT2D eigenvalue weighted by Crippen LogP contribution is 2.32. The van der Waals surface area contributed by atoms with Crippen molar-refractivity contribution in [2.45, 2.75) is 20.4 Å². The van der Waals surface area contributed by atoms with Gasteiger partial charge < -0.3 is 29.0 Å². The topological polar surface area (TPSA) is 97.1 Å². The number of hydrogen-bond acceptors (Lipinski definition) is 7. The van der Waals surface area contributed by atoms with Gasteiger partial charge in [0.1, 0.15) is 17.3 Å². The van der Waals surface area contributed by atoms with Gasteiger partial charge in [0, 0.05) is 38.9 Å². The molecule has 176 valence electrons. The van der Waals surface area contributed by atoms with Crippen molar-refractivity contribution in [2.24, 2.45) is 0 Å². The van der Waals surface area contributed by atoms with Gasteiger partial charge in [0.2, 0.25) is 6.79 Å². The number of hydrogen-bond donors (Lipinski definition) is 1. The Kier molecular flexibility index (Phi) is 5.83. The minimum atomic E-state index is -0.205. The van der Waals surface area contributed by atoms with Crippen LogP contribution in [-0.2, 0) is 6.54 Å². The molecular formula is C25H26N4O5. The van der Waals surface area contributed by atoms with Crippen LogP contribution in [0.25, 0.3) is 0 Å². The number of pyridine rings is 1. The third kappa shape index (κ3) is 4.28. The van der Waals surface area contributed by atoms with Crippen molar-refractivity contribution < 1.29 is 23.5 Å².